The van der Waals surface area contributed by atoms with Crippen LogP contribution in [0.15, 0.2) is 0 Å². The van der Waals surface area contributed by atoms with Gasteiger partial charge in [0.05, 0.1) is 28.6 Å². The number of fused-ring (bicyclic) bond motifs is 1. The maximum Gasteiger partial charge on any atom is 0.129 e. The molecular formula is C38H71N2O3P. The molecule has 4 atom stereocenters. The predicted octanol–water partition coefficient (Wildman–Crippen LogP) is 10.6. The van der Waals surface area contributed by atoms with E-state index in [1.165, 1.54) is 73.6 Å². The average Bonchev–Trinajstić information content (AvgIpc) is 2.92. The van der Waals surface area contributed by atoms with Gasteiger partial charge in [-0.05, 0) is 87.8 Å². The first kappa shape index (κ1) is 42.7. The van der Waals surface area contributed by atoms with Crippen LogP contribution in [0.3, 0.4) is 0 Å². The summed E-state index contributed by atoms with van der Waals surface area (Å²) < 4.78 is 12.3. The number of nitrogens with one attached hydrogen (secondary N) is 1. The number of benzene rings is 1. The molecule has 0 radical (unpaired) electrons. The van der Waals surface area contributed by atoms with E-state index in [0.29, 0.717) is 12.1 Å². The van der Waals surface area contributed by atoms with Crippen molar-refractivity contribution in [2.24, 2.45) is 17.8 Å². The SMILES string of the molecule is CC(C)NC(C)C.Cc1c(C)c2c(c(C)c1OP)CCC(C)(CCCC(C)CCCC(C)CCCC(C)C)O2.N#CCCO. The second-order valence-electron chi connectivity index (χ2n) is 14.6. The molecule has 6 heteroatoms. The molecule has 0 amide bonds. The van der Waals surface area contributed by atoms with Crippen molar-refractivity contribution in [2.45, 2.75) is 178 Å². The summed E-state index contributed by atoms with van der Waals surface area (Å²) in [6, 6.07) is 3.02. The van der Waals surface area contributed by atoms with Crippen molar-refractivity contribution >= 4 is 9.47 Å². The summed E-state index contributed by atoms with van der Waals surface area (Å²) in [5.41, 5.74) is 4.99. The van der Waals surface area contributed by atoms with Crippen LogP contribution in [0.25, 0.3) is 0 Å². The summed E-state index contributed by atoms with van der Waals surface area (Å²) in [6.07, 6.45) is 14.6. The summed E-state index contributed by atoms with van der Waals surface area (Å²) >= 11 is 0. The Labute approximate surface area is 275 Å². The lowest BCUT2D eigenvalue weighted by Gasteiger charge is -2.38. The van der Waals surface area contributed by atoms with E-state index >= 15 is 0 Å². The Morgan fingerprint density at radius 2 is 1.39 bits per heavy atom. The number of aliphatic hydroxyl groups is 1. The largest absolute Gasteiger partial charge is 0.487 e. The third-order valence-corrected chi connectivity index (χ3v) is 9.08. The van der Waals surface area contributed by atoms with Gasteiger partial charge < -0.3 is 19.7 Å². The highest BCUT2D eigenvalue weighted by atomic mass is 31.0. The molecular weight excluding hydrogens is 563 g/mol. The standard InChI is InChI=1S/C29H51O2P.C6H15N.C3H5NO/c1-20(2)12-9-13-21(3)14-10-15-22(4)16-11-18-29(8)19-17-26-25(7)27(31-32)23(5)24(6)28(26)30-29;1-5(2)7-6(3)4;4-2-1-3-5/h20-22H,9-19,32H2,1-8H3;5-7H,1-4H3;5H,1,3H2. The van der Waals surface area contributed by atoms with Crippen LogP contribution >= 0.6 is 9.47 Å². The molecule has 0 aliphatic carbocycles. The molecule has 0 saturated carbocycles. The second kappa shape index (κ2) is 23.1. The van der Waals surface area contributed by atoms with Gasteiger partial charge in [-0.2, -0.15) is 5.26 Å². The highest BCUT2D eigenvalue weighted by molar-refractivity contribution is 7.10. The van der Waals surface area contributed by atoms with Crippen LogP contribution in [0, 0.1) is 49.9 Å². The fraction of sp³-hybridized carbons (Fsp3) is 0.816. The van der Waals surface area contributed by atoms with Crippen LogP contribution in [-0.2, 0) is 6.42 Å². The highest BCUT2D eigenvalue weighted by Gasteiger charge is 2.34. The maximum absolute atomic E-state index is 7.84. The van der Waals surface area contributed by atoms with E-state index in [0.717, 1.165) is 48.5 Å². The van der Waals surface area contributed by atoms with Crippen molar-refractivity contribution in [3.05, 3.63) is 22.3 Å². The molecule has 0 bridgehead atoms. The zero-order valence-corrected chi connectivity index (χ0v) is 32.0. The third kappa shape index (κ3) is 17.4. The number of rotatable bonds is 16. The monoisotopic (exact) mass is 635 g/mol. The van der Waals surface area contributed by atoms with Gasteiger partial charge in [0, 0.05) is 17.6 Å². The van der Waals surface area contributed by atoms with Crippen LogP contribution < -0.4 is 14.6 Å². The quantitative estimate of drug-likeness (QED) is 0.177. The van der Waals surface area contributed by atoms with E-state index in [-0.39, 0.29) is 18.6 Å². The minimum Gasteiger partial charge on any atom is -0.487 e. The molecule has 4 unspecified atom stereocenters. The van der Waals surface area contributed by atoms with Crippen molar-refractivity contribution in [3.63, 3.8) is 0 Å². The van der Waals surface area contributed by atoms with Gasteiger partial charge in [0.1, 0.15) is 17.1 Å². The minimum atomic E-state index is -0.0371. The first-order valence-electron chi connectivity index (χ1n) is 17.5. The Bertz CT molecular complexity index is 951. The van der Waals surface area contributed by atoms with Gasteiger partial charge in [-0.15, -0.1) is 0 Å². The van der Waals surface area contributed by atoms with Crippen LogP contribution in [0.1, 0.15) is 155 Å². The fourth-order valence-electron chi connectivity index (χ4n) is 6.15. The summed E-state index contributed by atoms with van der Waals surface area (Å²) in [5.74, 6) is 4.69. The molecule has 1 heterocycles. The Morgan fingerprint density at radius 1 is 0.864 bits per heavy atom. The molecule has 0 aromatic heterocycles. The first-order valence-corrected chi connectivity index (χ1v) is 18.0. The van der Waals surface area contributed by atoms with Gasteiger partial charge in [0.15, 0.2) is 0 Å². The van der Waals surface area contributed by atoms with E-state index in [2.05, 4.69) is 97.9 Å². The van der Waals surface area contributed by atoms with Crippen molar-refractivity contribution in [1.29, 1.82) is 5.26 Å². The molecule has 0 fully saturated rings. The molecule has 2 N–H and O–H groups in total. The summed E-state index contributed by atoms with van der Waals surface area (Å²) in [7, 11) is 2.41. The molecule has 2 rings (SSSR count). The third-order valence-electron chi connectivity index (χ3n) is 8.85. The number of hydrogen-bond acceptors (Lipinski definition) is 5. The van der Waals surface area contributed by atoms with Crippen LogP contribution in [-0.4, -0.2) is 29.4 Å². The van der Waals surface area contributed by atoms with Gasteiger partial charge >= 0.3 is 0 Å². The van der Waals surface area contributed by atoms with Crippen LogP contribution in [0.2, 0.25) is 0 Å². The Kier molecular flexibility index (Phi) is 22.4. The molecule has 44 heavy (non-hydrogen) atoms. The highest BCUT2D eigenvalue weighted by Crippen LogP contribution is 2.45. The number of ether oxygens (including phenoxy) is 1. The zero-order chi connectivity index (χ0) is 33.9. The van der Waals surface area contributed by atoms with Gasteiger partial charge in [0.25, 0.3) is 0 Å². The minimum absolute atomic E-state index is 0.0174. The number of aliphatic hydroxyl groups excluding tert-OH is 1. The van der Waals surface area contributed by atoms with Gasteiger partial charge in [0.2, 0.25) is 0 Å². The lowest BCUT2D eigenvalue weighted by atomic mass is 9.84. The molecule has 0 saturated heterocycles. The topological polar surface area (TPSA) is 74.5 Å². The number of nitrogens with zero attached hydrogens (tertiary/aromatic N) is 1. The van der Waals surface area contributed by atoms with Gasteiger partial charge in [-0.3, -0.25) is 0 Å². The molecule has 0 spiro atoms. The Morgan fingerprint density at radius 3 is 1.80 bits per heavy atom. The van der Waals surface area contributed by atoms with E-state index in [1.807, 2.05) is 0 Å². The van der Waals surface area contributed by atoms with Crippen LogP contribution in [0.5, 0.6) is 11.5 Å². The van der Waals surface area contributed by atoms with Crippen molar-refractivity contribution in [2.75, 3.05) is 6.61 Å². The lowest BCUT2D eigenvalue weighted by molar-refractivity contribution is 0.0512. The van der Waals surface area contributed by atoms with E-state index < -0.39 is 0 Å². The average molecular weight is 635 g/mol. The Balaban J connectivity index is 0.00000130. The van der Waals surface area contributed by atoms with Crippen molar-refractivity contribution < 1.29 is 14.4 Å². The number of hydrogen-bond donors (Lipinski definition) is 2. The van der Waals surface area contributed by atoms with Crippen molar-refractivity contribution in [1.82, 2.24) is 5.32 Å². The second-order valence-corrected chi connectivity index (χ2v) is 14.9. The Hall–Kier alpha value is -1.34. The van der Waals surface area contributed by atoms with E-state index in [9.17, 15) is 0 Å². The van der Waals surface area contributed by atoms with Crippen molar-refractivity contribution in [3.8, 4) is 17.6 Å². The molecule has 1 aromatic carbocycles. The van der Waals surface area contributed by atoms with Gasteiger partial charge in [-0.1, -0.05) is 100 Å². The number of nitriles is 1. The van der Waals surface area contributed by atoms with Gasteiger partial charge in [-0.25, -0.2) is 0 Å². The first-order chi connectivity index (χ1) is 20.6. The predicted molar refractivity (Wildman–Crippen MR) is 194 cm³/mol. The van der Waals surface area contributed by atoms with E-state index in [4.69, 9.17) is 19.6 Å². The summed E-state index contributed by atoms with van der Waals surface area (Å²) in [5, 5.41) is 18.8. The lowest BCUT2D eigenvalue weighted by Crippen LogP contribution is -2.37. The van der Waals surface area contributed by atoms with Crippen LogP contribution in [0.4, 0.5) is 0 Å². The zero-order valence-electron chi connectivity index (χ0n) is 30.9. The fourth-order valence-corrected chi connectivity index (χ4v) is 6.51. The molecule has 1 aliphatic heterocycles. The molecule has 5 nitrogen and oxygen atoms in total. The summed E-state index contributed by atoms with van der Waals surface area (Å²) in [6.45, 7) is 27.0. The van der Waals surface area contributed by atoms with E-state index in [1.54, 1.807) is 6.07 Å². The maximum atomic E-state index is 7.84. The molecule has 256 valence electrons. The summed E-state index contributed by atoms with van der Waals surface area (Å²) in [4.78, 5) is 0. The smallest absolute Gasteiger partial charge is 0.129 e. The molecule has 1 aromatic rings. The molecule has 1 aliphatic rings. The normalized spacial score (nSPS) is 17.1.